The number of aliphatic carboxylic acids is 1. The van der Waals surface area contributed by atoms with E-state index in [0.29, 0.717) is 21.1 Å². The fraction of sp³-hybridized carbons (Fsp3) is 0.105. The van der Waals surface area contributed by atoms with Gasteiger partial charge in [-0.25, -0.2) is 9.78 Å². The summed E-state index contributed by atoms with van der Waals surface area (Å²) in [4.78, 5) is 28.3. The van der Waals surface area contributed by atoms with Crippen molar-refractivity contribution in [3.05, 3.63) is 75.9 Å². The van der Waals surface area contributed by atoms with Gasteiger partial charge in [-0.1, -0.05) is 53.5 Å². The Hall–Kier alpha value is -2.63. The van der Waals surface area contributed by atoms with Gasteiger partial charge in [0, 0.05) is 21.9 Å². The molecule has 0 fully saturated rings. The molecule has 26 heavy (non-hydrogen) atoms. The Balaban J connectivity index is 1.83. The van der Waals surface area contributed by atoms with Crippen LogP contribution in [0, 0.1) is 0 Å². The number of carboxylic acids is 1. The topological polar surface area (TPSA) is 79.3 Å². The number of amides is 1. The molecule has 7 heteroatoms. The van der Waals surface area contributed by atoms with Gasteiger partial charge in [-0.15, -0.1) is 0 Å². The minimum Gasteiger partial charge on any atom is -0.480 e. The average molecular weight is 389 g/mol. The van der Waals surface area contributed by atoms with Crippen molar-refractivity contribution in [2.45, 2.75) is 12.5 Å². The summed E-state index contributed by atoms with van der Waals surface area (Å²) in [5.41, 5.74) is 1.26. The average Bonchev–Trinajstić information content (AvgIpc) is 2.63. The molecule has 0 saturated heterocycles. The number of para-hydroxylation sites is 1. The molecule has 0 unspecified atom stereocenters. The van der Waals surface area contributed by atoms with Gasteiger partial charge in [0.05, 0.1) is 5.52 Å². The van der Waals surface area contributed by atoms with Crippen LogP contribution in [0.15, 0.2) is 54.6 Å². The molecule has 0 aliphatic rings. The number of aromatic nitrogens is 1. The van der Waals surface area contributed by atoms with Crippen molar-refractivity contribution in [1.82, 2.24) is 10.3 Å². The number of carbonyl (C=O) groups is 2. The van der Waals surface area contributed by atoms with Crippen molar-refractivity contribution in [2.75, 3.05) is 0 Å². The van der Waals surface area contributed by atoms with Crippen molar-refractivity contribution in [3.8, 4) is 0 Å². The van der Waals surface area contributed by atoms with Crippen LogP contribution in [0.4, 0.5) is 0 Å². The number of carbonyl (C=O) groups excluding carboxylic acids is 1. The summed E-state index contributed by atoms with van der Waals surface area (Å²) >= 11 is 12.2. The molecular formula is C19H14Cl2N2O3. The summed E-state index contributed by atoms with van der Waals surface area (Å²) in [5, 5.41) is 13.5. The van der Waals surface area contributed by atoms with Crippen LogP contribution in [0.5, 0.6) is 0 Å². The highest BCUT2D eigenvalue weighted by Gasteiger charge is 2.24. The van der Waals surface area contributed by atoms with E-state index in [1.165, 1.54) is 0 Å². The molecule has 1 aromatic heterocycles. The predicted octanol–water partition coefficient (Wildman–Crippen LogP) is 3.97. The second-order valence-electron chi connectivity index (χ2n) is 5.66. The summed E-state index contributed by atoms with van der Waals surface area (Å²) in [7, 11) is 0. The molecule has 0 spiro atoms. The monoisotopic (exact) mass is 388 g/mol. The second kappa shape index (κ2) is 7.72. The highest BCUT2D eigenvalue weighted by Crippen LogP contribution is 2.25. The SMILES string of the molecule is O=C(N[C@H](Cc1c(Cl)cccc1Cl)C(=O)O)c1ccc2ccccc2n1. The van der Waals surface area contributed by atoms with Gasteiger partial charge in [0.15, 0.2) is 0 Å². The smallest absolute Gasteiger partial charge is 0.326 e. The fourth-order valence-electron chi connectivity index (χ4n) is 2.56. The Kier molecular flexibility index (Phi) is 5.40. The van der Waals surface area contributed by atoms with Gasteiger partial charge < -0.3 is 10.4 Å². The largest absolute Gasteiger partial charge is 0.480 e. The third-order valence-electron chi connectivity index (χ3n) is 3.90. The number of benzene rings is 2. The van der Waals surface area contributed by atoms with Crippen molar-refractivity contribution in [2.24, 2.45) is 0 Å². The van der Waals surface area contributed by atoms with Gasteiger partial charge in [0.2, 0.25) is 0 Å². The van der Waals surface area contributed by atoms with E-state index in [2.05, 4.69) is 10.3 Å². The minimum atomic E-state index is -1.19. The molecule has 0 aliphatic heterocycles. The zero-order chi connectivity index (χ0) is 18.7. The van der Waals surface area contributed by atoms with Crippen LogP contribution in [-0.4, -0.2) is 28.0 Å². The number of hydrogen-bond donors (Lipinski definition) is 2. The Morgan fingerprint density at radius 1 is 1.00 bits per heavy atom. The summed E-state index contributed by atoms with van der Waals surface area (Å²) < 4.78 is 0. The number of nitrogens with zero attached hydrogens (tertiary/aromatic N) is 1. The third kappa shape index (κ3) is 3.95. The fourth-order valence-corrected chi connectivity index (χ4v) is 3.11. The van der Waals surface area contributed by atoms with E-state index >= 15 is 0 Å². The molecule has 2 aromatic carbocycles. The van der Waals surface area contributed by atoms with Crippen LogP contribution >= 0.6 is 23.2 Å². The number of fused-ring (bicyclic) bond motifs is 1. The molecule has 0 bridgehead atoms. The normalized spacial score (nSPS) is 11.9. The zero-order valence-corrected chi connectivity index (χ0v) is 15.0. The van der Waals surface area contributed by atoms with E-state index in [1.807, 2.05) is 18.2 Å². The lowest BCUT2D eigenvalue weighted by Crippen LogP contribution is -2.42. The molecule has 3 aromatic rings. The molecule has 1 heterocycles. The first-order valence-corrected chi connectivity index (χ1v) is 8.53. The molecule has 132 valence electrons. The summed E-state index contributed by atoms with van der Waals surface area (Å²) in [6, 6.07) is 14.4. The predicted molar refractivity (Wildman–Crippen MR) is 101 cm³/mol. The maximum Gasteiger partial charge on any atom is 0.326 e. The Bertz CT molecular complexity index is 971. The first-order chi connectivity index (χ1) is 12.5. The van der Waals surface area contributed by atoms with Gasteiger partial charge in [-0.3, -0.25) is 4.79 Å². The van der Waals surface area contributed by atoms with Crippen LogP contribution in [0.3, 0.4) is 0 Å². The van der Waals surface area contributed by atoms with Crippen LogP contribution in [0.1, 0.15) is 16.1 Å². The molecular weight excluding hydrogens is 375 g/mol. The summed E-state index contributed by atoms with van der Waals surface area (Å²) in [6.07, 6.45) is -0.0346. The standard InChI is InChI=1S/C19H14Cl2N2O3/c20-13-5-3-6-14(21)12(13)10-17(19(25)26)23-18(24)16-9-8-11-4-1-2-7-15(11)22-16/h1-9,17H,10H2,(H,23,24)(H,25,26)/t17-/m1/s1. The van der Waals surface area contributed by atoms with Gasteiger partial charge in [-0.05, 0) is 29.8 Å². The van der Waals surface area contributed by atoms with Crippen molar-refractivity contribution in [3.63, 3.8) is 0 Å². The molecule has 0 aliphatic carbocycles. The summed E-state index contributed by atoms with van der Waals surface area (Å²) in [5.74, 6) is -1.76. The number of carboxylic acid groups (broad SMARTS) is 1. The van der Waals surface area contributed by atoms with E-state index in [-0.39, 0.29) is 12.1 Å². The minimum absolute atomic E-state index is 0.0346. The number of pyridine rings is 1. The first-order valence-electron chi connectivity index (χ1n) is 7.78. The quantitative estimate of drug-likeness (QED) is 0.692. The molecule has 1 amide bonds. The number of nitrogens with one attached hydrogen (secondary N) is 1. The molecule has 0 saturated carbocycles. The van der Waals surface area contributed by atoms with Gasteiger partial charge in [0.1, 0.15) is 11.7 Å². The Morgan fingerprint density at radius 3 is 2.38 bits per heavy atom. The van der Waals surface area contributed by atoms with Crippen LogP contribution in [0.2, 0.25) is 10.0 Å². The maximum atomic E-state index is 12.5. The summed E-state index contributed by atoms with van der Waals surface area (Å²) in [6.45, 7) is 0. The highest BCUT2D eigenvalue weighted by atomic mass is 35.5. The molecule has 5 nitrogen and oxygen atoms in total. The van der Waals surface area contributed by atoms with E-state index < -0.39 is 17.9 Å². The first kappa shape index (κ1) is 18.2. The van der Waals surface area contributed by atoms with Crippen molar-refractivity contribution < 1.29 is 14.7 Å². The van der Waals surface area contributed by atoms with E-state index in [1.54, 1.807) is 36.4 Å². The molecule has 3 rings (SSSR count). The lowest BCUT2D eigenvalue weighted by molar-refractivity contribution is -0.139. The lowest BCUT2D eigenvalue weighted by atomic mass is 10.1. The highest BCUT2D eigenvalue weighted by molar-refractivity contribution is 6.36. The van der Waals surface area contributed by atoms with Crippen LogP contribution in [0.25, 0.3) is 10.9 Å². The Labute approximate surface area is 159 Å². The molecule has 1 atom stereocenters. The number of halogens is 2. The van der Waals surface area contributed by atoms with Gasteiger partial charge in [-0.2, -0.15) is 0 Å². The van der Waals surface area contributed by atoms with Crippen LogP contribution in [-0.2, 0) is 11.2 Å². The van der Waals surface area contributed by atoms with Crippen LogP contribution < -0.4 is 5.32 Å². The van der Waals surface area contributed by atoms with E-state index in [0.717, 1.165) is 5.39 Å². The number of hydrogen-bond acceptors (Lipinski definition) is 3. The van der Waals surface area contributed by atoms with Gasteiger partial charge >= 0.3 is 5.97 Å². The molecule has 0 radical (unpaired) electrons. The lowest BCUT2D eigenvalue weighted by Gasteiger charge is -2.16. The number of rotatable bonds is 5. The van der Waals surface area contributed by atoms with Crippen molar-refractivity contribution >= 4 is 46.0 Å². The Morgan fingerprint density at radius 2 is 1.69 bits per heavy atom. The van der Waals surface area contributed by atoms with Gasteiger partial charge in [0.25, 0.3) is 5.91 Å². The zero-order valence-electron chi connectivity index (χ0n) is 13.4. The molecule has 2 N–H and O–H groups in total. The van der Waals surface area contributed by atoms with Crippen molar-refractivity contribution in [1.29, 1.82) is 0 Å². The van der Waals surface area contributed by atoms with E-state index in [9.17, 15) is 14.7 Å². The maximum absolute atomic E-state index is 12.5. The second-order valence-corrected chi connectivity index (χ2v) is 6.47. The third-order valence-corrected chi connectivity index (χ3v) is 4.61. The van der Waals surface area contributed by atoms with E-state index in [4.69, 9.17) is 23.2 Å².